The van der Waals surface area contributed by atoms with E-state index in [2.05, 4.69) is 28.1 Å². The molecule has 0 aliphatic carbocycles. The summed E-state index contributed by atoms with van der Waals surface area (Å²) >= 11 is 4.94. The number of halogens is 2. The van der Waals surface area contributed by atoms with Crippen LogP contribution in [0.1, 0.15) is 17.2 Å². The van der Waals surface area contributed by atoms with Crippen molar-refractivity contribution in [1.82, 2.24) is 0 Å². The number of thiophene rings is 1. The monoisotopic (exact) mass is 335 g/mol. The van der Waals surface area contributed by atoms with E-state index in [1.807, 2.05) is 23.6 Å². The lowest BCUT2D eigenvalue weighted by Gasteiger charge is -2.15. The molecule has 2 N–H and O–H groups in total. The average molecular weight is 336 g/mol. The zero-order valence-electron chi connectivity index (χ0n) is 9.94. The van der Waals surface area contributed by atoms with Crippen LogP contribution in [0.5, 0.6) is 0 Å². The molecular formula is C15H11BrFNS. The fourth-order valence-corrected chi connectivity index (χ4v) is 3.65. The van der Waals surface area contributed by atoms with E-state index in [9.17, 15) is 4.39 Å². The van der Waals surface area contributed by atoms with Crippen LogP contribution in [0.25, 0.3) is 10.1 Å². The molecule has 4 heteroatoms. The summed E-state index contributed by atoms with van der Waals surface area (Å²) in [6.07, 6.45) is 0. The SMILES string of the molecule is NC(c1cccc(F)c1Br)c1cccc2ccsc12. The molecule has 0 bridgehead atoms. The van der Waals surface area contributed by atoms with Crippen LogP contribution in [-0.4, -0.2) is 0 Å². The molecule has 3 rings (SSSR count). The van der Waals surface area contributed by atoms with E-state index >= 15 is 0 Å². The predicted molar refractivity (Wildman–Crippen MR) is 82.0 cm³/mol. The molecule has 1 unspecified atom stereocenters. The number of benzene rings is 2. The van der Waals surface area contributed by atoms with Gasteiger partial charge in [-0.25, -0.2) is 4.39 Å². The maximum Gasteiger partial charge on any atom is 0.137 e. The summed E-state index contributed by atoms with van der Waals surface area (Å²) in [7, 11) is 0. The van der Waals surface area contributed by atoms with Crippen molar-refractivity contribution in [2.24, 2.45) is 5.73 Å². The lowest BCUT2D eigenvalue weighted by molar-refractivity contribution is 0.616. The lowest BCUT2D eigenvalue weighted by atomic mass is 9.98. The van der Waals surface area contributed by atoms with Gasteiger partial charge in [0.05, 0.1) is 10.5 Å². The minimum atomic E-state index is -0.340. The Labute approximate surface area is 123 Å². The number of nitrogens with two attached hydrogens (primary N) is 1. The normalized spacial score (nSPS) is 12.8. The molecule has 2 aromatic carbocycles. The molecule has 1 aromatic heterocycles. The van der Waals surface area contributed by atoms with Crippen LogP contribution in [0, 0.1) is 5.82 Å². The fraction of sp³-hybridized carbons (Fsp3) is 0.0667. The van der Waals surface area contributed by atoms with Crippen LogP contribution in [0.2, 0.25) is 0 Å². The van der Waals surface area contributed by atoms with Crippen molar-refractivity contribution in [1.29, 1.82) is 0 Å². The largest absolute Gasteiger partial charge is 0.320 e. The quantitative estimate of drug-likeness (QED) is 0.711. The molecule has 1 atom stereocenters. The van der Waals surface area contributed by atoms with E-state index in [-0.39, 0.29) is 11.9 Å². The Hall–Kier alpha value is -1.23. The van der Waals surface area contributed by atoms with Gasteiger partial charge in [0.15, 0.2) is 0 Å². The van der Waals surface area contributed by atoms with Crippen LogP contribution in [-0.2, 0) is 0 Å². The van der Waals surface area contributed by atoms with Crippen LogP contribution in [0.4, 0.5) is 4.39 Å². The van der Waals surface area contributed by atoms with Gasteiger partial charge < -0.3 is 5.73 Å². The number of hydrogen-bond donors (Lipinski definition) is 1. The Morgan fingerprint density at radius 3 is 2.63 bits per heavy atom. The van der Waals surface area contributed by atoms with Gasteiger partial charge in [0.1, 0.15) is 5.82 Å². The van der Waals surface area contributed by atoms with Gasteiger partial charge in [-0.1, -0.05) is 30.3 Å². The minimum absolute atomic E-state index is 0.286. The van der Waals surface area contributed by atoms with Crippen molar-refractivity contribution in [3.8, 4) is 0 Å². The standard InChI is InChI=1S/C15H11BrFNS/c16-13-10(4-2-6-12(13)17)14(18)11-5-1-3-9-7-8-19-15(9)11/h1-8,14H,18H2. The number of fused-ring (bicyclic) bond motifs is 1. The summed E-state index contributed by atoms with van der Waals surface area (Å²) < 4.78 is 15.2. The molecule has 0 radical (unpaired) electrons. The van der Waals surface area contributed by atoms with Gasteiger partial charge in [0, 0.05) is 4.70 Å². The highest BCUT2D eigenvalue weighted by Gasteiger charge is 2.17. The highest BCUT2D eigenvalue weighted by atomic mass is 79.9. The van der Waals surface area contributed by atoms with Gasteiger partial charge in [-0.3, -0.25) is 0 Å². The first-order valence-corrected chi connectivity index (χ1v) is 7.51. The molecule has 0 fully saturated rings. The Bertz CT molecular complexity index is 738. The topological polar surface area (TPSA) is 26.0 Å². The first kappa shape index (κ1) is 12.8. The van der Waals surface area contributed by atoms with Crippen molar-refractivity contribution in [3.63, 3.8) is 0 Å². The summed E-state index contributed by atoms with van der Waals surface area (Å²) in [5.41, 5.74) is 8.11. The van der Waals surface area contributed by atoms with Crippen LogP contribution in [0.3, 0.4) is 0 Å². The molecule has 0 aliphatic rings. The third-order valence-electron chi connectivity index (χ3n) is 3.16. The third-order valence-corrected chi connectivity index (χ3v) is 4.98. The highest BCUT2D eigenvalue weighted by molar-refractivity contribution is 9.10. The first-order chi connectivity index (χ1) is 9.18. The molecule has 0 spiro atoms. The van der Waals surface area contributed by atoms with E-state index < -0.39 is 0 Å². The Morgan fingerprint density at radius 1 is 1.05 bits per heavy atom. The molecule has 19 heavy (non-hydrogen) atoms. The van der Waals surface area contributed by atoms with E-state index in [1.54, 1.807) is 17.4 Å². The van der Waals surface area contributed by atoms with Crippen LogP contribution < -0.4 is 5.73 Å². The molecule has 96 valence electrons. The van der Waals surface area contributed by atoms with E-state index in [1.165, 1.54) is 11.5 Å². The number of hydrogen-bond acceptors (Lipinski definition) is 2. The predicted octanol–water partition coefficient (Wildman–Crippen LogP) is 4.85. The van der Waals surface area contributed by atoms with Crippen LogP contribution >= 0.6 is 27.3 Å². The molecule has 0 amide bonds. The van der Waals surface area contributed by atoms with Gasteiger partial charge in [0.2, 0.25) is 0 Å². The first-order valence-electron chi connectivity index (χ1n) is 5.84. The van der Waals surface area contributed by atoms with E-state index in [4.69, 9.17) is 5.73 Å². The summed E-state index contributed by atoms with van der Waals surface area (Å²) in [5, 5.41) is 3.21. The number of rotatable bonds is 2. The Kier molecular flexibility index (Phi) is 3.39. The smallest absolute Gasteiger partial charge is 0.137 e. The molecule has 0 saturated heterocycles. The summed E-state index contributed by atoms with van der Waals surface area (Å²) in [4.78, 5) is 0. The molecule has 1 nitrogen and oxygen atoms in total. The second-order valence-electron chi connectivity index (χ2n) is 4.31. The van der Waals surface area contributed by atoms with Crippen LogP contribution in [0.15, 0.2) is 52.3 Å². The Morgan fingerprint density at radius 2 is 1.79 bits per heavy atom. The minimum Gasteiger partial charge on any atom is -0.320 e. The second kappa shape index (κ2) is 5.04. The van der Waals surface area contributed by atoms with Gasteiger partial charge in [-0.2, -0.15) is 0 Å². The van der Waals surface area contributed by atoms with Gasteiger partial charge >= 0.3 is 0 Å². The van der Waals surface area contributed by atoms with Gasteiger partial charge in [0.25, 0.3) is 0 Å². The fourth-order valence-electron chi connectivity index (χ4n) is 2.19. The summed E-state index contributed by atoms with van der Waals surface area (Å²) in [6.45, 7) is 0. The van der Waals surface area contributed by atoms with Gasteiger partial charge in [-0.05, 0) is 50.0 Å². The van der Waals surface area contributed by atoms with Gasteiger partial charge in [-0.15, -0.1) is 11.3 Å². The Balaban J connectivity index is 2.16. The van der Waals surface area contributed by atoms with Crippen molar-refractivity contribution >= 4 is 37.4 Å². The van der Waals surface area contributed by atoms with Crippen molar-refractivity contribution in [3.05, 3.63) is 69.3 Å². The summed E-state index contributed by atoms with van der Waals surface area (Å²) in [6, 6.07) is 12.7. The second-order valence-corrected chi connectivity index (χ2v) is 6.02. The van der Waals surface area contributed by atoms with E-state index in [0.717, 1.165) is 15.8 Å². The molecular weight excluding hydrogens is 325 g/mol. The molecule has 3 aromatic rings. The average Bonchev–Trinajstić information content (AvgIpc) is 2.89. The maximum atomic E-state index is 13.6. The van der Waals surface area contributed by atoms with Crippen molar-refractivity contribution in [2.45, 2.75) is 6.04 Å². The van der Waals surface area contributed by atoms with Crippen molar-refractivity contribution in [2.75, 3.05) is 0 Å². The molecule has 1 heterocycles. The zero-order valence-corrected chi connectivity index (χ0v) is 12.3. The molecule has 0 aliphatic heterocycles. The van der Waals surface area contributed by atoms with E-state index in [0.29, 0.717) is 4.47 Å². The highest BCUT2D eigenvalue weighted by Crippen LogP contribution is 2.34. The molecule has 0 saturated carbocycles. The third kappa shape index (κ3) is 2.20. The lowest BCUT2D eigenvalue weighted by Crippen LogP contribution is -2.13. The van der Waals surface area contributed by atoms with Crippen molar-refractivity contribution < 1.29 is 4.39 Å². The summed E-state index contributed by atoms with van der Waals surface area (Å²) in [5.74, 6) is -0.286. The maximum absolute atomic E-state index is 13.6. The zero-order chi connectivity index (χ0) is 13.4.